The molecule has 1 saturated heterocycles. The molecule has 1 aliphatic rings. The van der Waals surface area contributed by atoms with Gasteiger partial charge in [0.25, 0.3) is 0 Å². The molecule has 0 saturated carbocycles. The van der Waals surface area contributed by atoms with E-state index in [2.05, 4.69) is 9.24 Å². The smallest absolute Gasteiger partial charge is 0.139 e. The van der Waals surface area contributed by atoms with Crippen LogP contribution in [-0.2, 0) is 4.74 Å². The Bertz CT molecular complexity index is 101. The maximum Gasteiger partial charge on any atom is 0.139 e. The van der Waals surface area contributed by atoms with Crippen LogP contribution in [0.1, 0.15) is 6.42 Å². The van der Waals surface area contributed by atoms with Crippen molar-refractivity contribution in [3.05, 3.63) is 0 Å². The number of aliphatic hydroxyl groups excluding tert-OH is 1. The van der Waals surface area contributed by atoms with Gasteiger partial charge in [0, 0.05) is 6.00 Å². The van der Waals surface area contributed by atoms with E-state index in [-0.39, 0.29) is 18.2 Å². The van der Waals surface area contributed by atoms with E-state index in [4.69, 9.17) is 4.74 Å². The summed E-state index contributed by atoms with van der Waals surface area (Å²) in [4.78, 5) is 0. The van der Waals surface area contributed by atoms with Gasteiger partial charge in [-0.1, -0.05) is 0 Å². The Labute approximate surface area is 58.6 Å². The number of rotatable bonds is 1. The quantitative estimate of drug-likeness (QED) is 0.378. The summed E-state index contributed by atoms with van der Waals surface area (Å²) in [5.74, 6) is 0. The van der Waals surface area contributed by atoms with Crippen LogP contribution in [0, 0.1) is 0 Å². The molecule has 0 spiro atoms. The maximum atomic E-state index is 9.22. The molecule has 1 fully saturated rings. The minimum Gasteiger partial charge on any atom is -0.390 e. The molecule has 0 aliphatic carbocycles. The van der Waals surface area contributed by atoms with Gasteiger partial charge < -0.3 is 9.84 Å². The van der Waals surface area contributed by atoms with Crippen molar-refractivity contribution in [2.24, 2.45) is 0 Å². The van der Waals surface area contributed by atoms with E-state index in [1.54, 1.807) is 0 Å². The van der Waals surface area contributed by atoms with Crippen molar-refractivity contribution < 1.29 is 9.84 Å². The minimum atomic E-state index is -0.238. The molecule has 9 heavy (non-hydrogen) atoms. The number of hydrogen-bond donors (Lipinski definition) is 1. The maximum absolute atomic E-state index is 9.22. The third kappa shape index (κ3) is 1.67. The molecule has 2 nitrogen and oxygen atoms in total. The third-order valence-corrected chi connectivity index (χ3v) is 2.11. The molecular formula is C5H12BO2P. The Balaban J connectivity index is 2.38. The Kier molecular flexibility index (Phi) is 2.51. The van der Waals surface area contributed by atoms with E-state index in [9.17, 15) is 5.11 Å². The van der Waals surface area contributed by atoms with Crippen molar-refractivity contribution in [2.75, 3.05) is 6.16 Å². The van der Waals surface area contributed by atoms with Crippen LogP contribution in [0.15, 0.2) is 0 Å². The van der Waals surface area contributed by atoms with Gasteiger partial charge in [0.05, 0.1) is 12.2 Å². The van der Waals surface area contributed by atoms with E-state index >= 15 is 0 Å². The molecule has 4 heteroatoms. The normalized spacial score (nSPS) is 43.6. The number of aliphatic hydroxyl groups is 1. The van der Waals surface area contributed by atoms with E-state index < -0.39 is 0 Å². The predicted octanol–water partition coefficient (Wildman–Crippen LogP) is -1.03. The van der Waals surface area contributed by atoms with E-state index in [1.807, 2.05) is 7.85 Å². The van der Waals surface area contributed by atoms with Crippen LogP contribution in [0.4, 0.5) is 0 Å². The summed E-state index contributed by atoms with van der Waals surface area (Å²) in [5.41, 5.74) is 0. The molecule has 0 bridgehead atoms. The summed E-state index contributed by atoms with van der Waals surface area (Å²) in [6.07, 6.45) is 1.45. The van der Waals surface area contributed by atoms with Crippen LogP contribution in [-0.4, -0.2) is 37.3 Å². The fourth-order valence-corrected chi connectivity index (χ4v) is 1.57. The largest absolute Gasteiger partial charge is 0.390 e. The van der Waals surface area contributed by atoms with Crippen LogP contribution in [0.3, 0.4) is 0 Å². The fourth-order valence-electron chi connectivity index (χ4n) is 1.15. The Hall–Kier alpha value is 0.415. The molecular weight excluding hydrogens is 134 g/mol. The molecule has 1 aliphatic heterocycles. The minimum absolute atomic E-state index is 0.0602. The van der Waals surface area contributed by atoms with Crippen LogP contribution in [0.2, 0.25) is 0 Å². The molecule has 0 aromatic carbocycles. The van der Waals surface area contributed by atoms with Crippen LogP contribution in [0.5, 0.6) is 0 Å². The highest BCUT2D eigenvalue weighted by Gasteiger charge is 2.29. The monoisotopic (exact) mass is 146 g/mol. The summed E-state index contributed by atoms with van der Waals surface area (Å²) < 4.78 is 5.35. The lowest BCUT2D eigenvalue weighted by Crippen LogP contribution is -2.21. The first-order valence-corrected chi connectivity index (χ1v) is 4.09. The summed E-state index contributed by atoms with van der Waals surface area (Å²) in [7, 11) is 4.57. The average molecular weight is 146 g/mol. The lowest BCUT2D eigenvalue weighted by molar-refractivity contribution is 0.0487. The Morgan fingerprint density at radius 2 is 2.44 bits per heavy atom. The summed E-state index contributed by atoms with van der Waals surface area (Å²) in [6.45, 7) is 0. The van der Waals surface area contributed by atoms with Gasteiger partial charge in [-0.05, 0) is 12.6 Å². The Morgan fingerprint density at radius 1 is 1.78 bits per heavy atom. The number of ether oxygens (including phenoxy) is 1. The summed E-state index contributed by atoms with van der Waals surface area (Å²) in [5, 5.41) is 9.22. The van der Waals surface area contributed by atoms with Gasteiger partial charge in [0.2, 0.25) is 0 Å². The molecule has 4 atom stereocenters. The SMILES string of the molecule is B[C@H]1C[C@@H](O)[C@@H](CP)O1. The zero-order chi connectivity index (χ0) is 6.85. The van der Waals surface area contributed by atoms with Gasteiger partial charge in [-0.2, -0.15) is 0 Å². The molecule has 0 aromatic heterocycles. The molecule has 1 unspecified atom stereocenters. The standard InChI is InChI=1S/C5H12BO2P/c6-5-1-3(7)4(2-9)8-5/h3-5,7H,1-2,6,9H2/t3-,4-,5-/m1/s1. The van der Waals surface area contributed by atoms with E-state index in [1.165, 1.54) is 0 Å². The van der Waals surface area contributed by atoms with Gasteiger partial charge in [0.15, 0.2) is 0 Å². The lowest BCUT2D eigenvalue weighted by atomic mass is 9.96. The first-order valence-electron chi connectivity index (χ1n) is 3.27. The number of hydrogen-bond acceptors (Lipinski definition) is 2. The molecule has 52 valence electrons. The highest BCUT2D eigenvalue weighted by molar-refractivity contribution is 7.16. The lowest BCUT2D eigenvalue weighted by Gasteiger charge is -2.09. The van der Waals surface area contributed by atoms with Gasteiger partial charge in [-0.3, -0.25) is 0 Å². The second-order valence-electron chi connectivity index (χ2n) is 2.52. The van der Waals surface area contributed by atoms with Crippen molar-refractivity contribution in [1.82, 2.24) is 0 Å². The highest BCUT2D eigenvalue weighted by Crippen LogP contribution is 2.19. The first kappa shape index (κ1) is 7.52. The van der Waals surface area contributed by atoms with Crippen molar-refractivity contribution in [1.29, 1.82) is 0 Å². The molecule has 0 amide bonds. The van der Waals surface area contributed by atoms with Crippen molar-refractivity contribution >= 4 is 17.1 Å². The summed E-state index contributed by atoms with van der Waals surface area (Å²) in [6, 6.07) is 0.241. The van der Waals surface area contributed by atoms with Crippen LogP contribution in [0.25, 0.3) is 0 Å². The third-order valence-electron chi connectivity index (χ3n) is 1.64. The molecule has 1 N–H and O–H groups in total. The topological polar surface area (TPSA) is 29.5 Å². The fraction of sp³-hybridized carbons (Fsp3) is 1.00. The predicted molar refractivity (Wildman–Crippen MR) is 42.4 cm³/mol. The zero-order valence-corrected chi connectivity index (χ0v) is 6.73. The van der Waals surface area contributed by atoms with E-state index in [0.717, 1.165) is 12.6 Å². The first-order chi connectivity index (χ1) is 4.24. The van der Waals surface area contributed by atoms with Gasteiger partial charge in [-0.25, -0.2) is 0 Å². The highest BCUT2D eigenvalue weighted by atomic mass is 31.0. The van der Waals surface area contributed by atoms with E-state index in [0.29, 0.717) is 0 Å². The van der Waals surface area contributed by atoms with Crippen molar-refractivity contribution in [2.45, 2.75) is 24.6 Å². The van der Waals surface area contributed by atoms with Crippen molar-refractivity contribution in [3.63, 3.8) is 0 Å². The summed E-state index contributed by atoms with van der Waals surface area (Å²) >= 11 is 0. The molecule has 1 heterocycles. The van der Waals surface area contributed by atoms with Gasteiger partial charge in [0.1, 0.15) is 7.85 Å². The van der Waals surface area contributed by atoms with Crippen molar-refractivity contribution in [3.8, 4) is 0 Å². The second kappa shape index (κ2) is 3.00. The molecule has 0 radical (unpaired) electrons. The Morgan fingerprint density at radius 3 is 2.67 bits per heavy atom. The van der Waals surface area contributed by atoms with Gasteiger partial charge >= 0.3 is 0 Å². The molecule has 1 rings (SSSR count). The molecule has 0 aromatic rings. The zero-order valence-electron chi connectivity index (χ0n) is 5.58. The van der Waals surface area contributed by atoms with Gasteiger partial charge in [-0.15, -0.1) is 9.24 Å². The van der Waals surface area contributed by atoms with Crippen LogP contribution < -0.4 is 0 Å². The second-order valence-corrected chi connectivity index (χ2v) is 3.00. The van der Waals surface area contributed by atoms with Crippen LogP contribution >= 0.6 is 9.24 Å². The average Bonchev–Trinajstić information content (AvgIpc) is 2.10.